The van der Waals surface area contributed by atoms with E-state index >= 15 is 0 Å². The van der Waals surface area contributed by atoms with Gasteiger partial charge in [0, 0.05) is 73.6 Å². The molecule has 208 valence electrons. The topological polar surface area (TPSA) is 130 Å². The number of benzene rings is 2. The van der Waals surface area contributed by atoms with Gasteiger partial charge in [-0.05, 0) is 43.5 Å². The monoisotopic (exact) mass is 532 g/mol. The first-order valence-corrected chi connectivity index (χ1v) is 13.5. The lowest BCUT2D eigenvalue weighted by Crippen LogP contribution is -2.32. The zero-order chi connectivity index (χ0) is 27.9. The van der Waals surface area contributed by atoms with E-state index in [2.05, 4.69) is 35.3 Å². The molecule has 0 bridgehead atoms. The zero-order valence-corrected chi connectivity index (χ0v) is 23.0. The molecular formula is C30H40N6O3. The highest BCUT2D eigenvalue weighted by molar-refractivity contribution is 6.09. The van der Waals surface area contributed by atoms with Gasteiger partial charge >= 0.3 is 5.97 Å². The Labute approximate surface area is 230 Å². The van der Waals surface area contributed by atoms with Gasteiger partial charge in [-0.15, -0.1) is 0 Å². The first-order valence-electron chi connectivity index (χ1n) is 13.5. The highest BCUT2D eigenvalue weighted by Crippen LogP contribution is 2.48. The van der Waals surface area contributed by atoms with E-state index in [0.717, 1.165) is 55.7 Å². The van der Waals surface area contributed by atoms with Crippen LogP contribution in [0.4, 0.5) is 5.69 Å². The van der Waals surface area contributed by atoms with Crippen LogP contribution in [0.5, 0.6) is 5.75 Å². The Balaban J connectivity index is 1.57. The van der Waals surface area contributed by atoms with E-state index in [-0.39, 0.29) is 30.1 Å². The number of ether oxygens (including phenoxy) is 2. The van der Waals surface area contributed by atoms with Gasteiger partial charge < -0.3 is 30.9 Å². The Bertz CT molecular complexity index is 1240. The molecule has 9 heteroatoms. The third-order valence-corrected chi connectivity index (χ3v) is 7.06. The molecule has 1 unspecified atom stereocenters. The number of allylic oxidation sites excluding steroid dienone is 2. The zero-order valence-electron chi connectivity index (χ0n) is 23.0. The minimum absolute atomic E-state index is 0.0224. The number of carbonyl (C=O) groups is 1. The summed E-state index contributed by atoms with van der Waals surface area (Å²) >= 11 is 0. The van der Waals surface area contributed by atoms with Crippen LogP contribution in [0.25, 0.3) is 0 Å². The normalized spacial score (nSPS) is 21.5. The van der Waals surface area contributed by atoms with E-state index in [1.165, 1.54) is 10.6 Å². The number of hydrazine groups is 1. The van der Waals surface area contributed by atoms with Crippen molar-refractivity contribution in [3.05, 3.63) is 82.8 Å². The molecule has 9 nitrogen and oxygen atoms in total. The van der Waals surface area contributed by atoms with Crippen LogP contribution in [-0.4, -0.2) is 48.4 Å². The molecule has 2 aromatic carbocycles. The second-order valence-corrected chi connectivity index (χ2v) is 10.2. The molecule has 0 saturated heterocycles. The number of nitrogens with one attached hydrogen (secondary N) is 2. The Morgan fingerprint density at radius 3 is 2.74 bits per heavy atom. The van der Waals surface area contributed by atoms with Crippen LogP contribution in [-0.2, 0) is 22.6 Å². The third-order valence-electron chi connectivity index (χ3n) is 7.06. The van der Waals surface area contributed by atoms with Crippen molar-refractivity contribution in [2.75, 3.05) is 25.5 Å². The molecule has 0 aromatic heterocycles. The van der Waals surface area contributed by atoms with E-state index in [4.69, 9.17) is 26.5 Å². The summed E-state index contributed by atoms with van der Waals surface area (Å²) in [7, 11) is 1.71. The number of anilines is 1. The summed E-state index contributed by atoms with van der Waals surface area (Å²) in [5.41, 5.74) is 10.9. The van der Waals surface area contributed by atoms with Crippen molar-refractivity contribution in [3.8, 4) is 5.75 Å². The van der Waals surface area contributed by atoms with Crippen molar-refractivity contribution >= 4 is 17.9 Å². The summed E-state index contributed by atoms with van der Waals surface area (Å²) < 4.78 is 11.5. The molecule has 1 aliphatic carbocycles. The number of esters is 1. The molecule has 1 saturated carbocycles. The summed E-state index contributed by atoms with van der Waals surface area (Å²) in [6.45, 7) is 6.53. The smallest absolute Gasteiger partial charge is 0.341 e. The quantitative estimate of drug-likeness (QED) is 0.112. The largest absolute Gasteiger partial charge is 0.489 e. The molecule has 0 spiro atoms. The second kappa shape index (κ2) is 12.8. The van der Waals surface area contributed by atoms with E-state index in [9.17, 15) is 4.79 Å². The van der Waals surface area contributed by atoms with Crippen LogP contribution in [0.3, 0.4) is 0 Å². The summed E-state index contributed by atoms with van der Waals surface area (Å²) in [5.74, 6) is 6.17. The Morgan fingerprint density at radius 2 is 2.03 bits per heavy atom. The lowest BCUT2D eigenvalue weighted by Gasteiger charge is -2.23. The Hall–Kier alpha value is -3.82. The minimum atomic E-state index is -0.524. The predicted molar refractivity (Wildman–Crippen MR) is 154 cm³/mol. The summed E-state index contributed by atoms with van der Waals surface area (Å²) in [5, 5.41) is 12.9. The lowest BCUT2D eigenvalue weighted by molar-refractivity contribution is -0.137. The van der Waals surface area contributed by atoms with Gasteiger partial charge in [-0.2, -0.15) is 0 Å². The number of nitrogens with two attached hydrogens (primary N) is 2. The summed E-state index contributed by atoms with van der Waals surface area (Å²) in [4.78, 5) is 15.2. The fraction of sp³-hybridized carbons (Fsp3) is 0.400. The van der Waals surface area contributed by atoms with Gasteiger partial charge in [-0.1, -0.05) is 37.3 Å². The number of hydrogen-bond acceptors (Lipinski definition) is 9. The van der Waals surface area contributed by atoms with Gasteiger partial charge in [0.25, 0.3) is 0 Å². The van der Waals surface area contributed by atoms with Crippen LogP contribution in [0.15, 0.2) is 71.7 Å². The molecule has 3 atom stereocenters. The van der Waals surface area contributed by atoms with E-state index in [0.29, 0.717) is 11.4 Å². The molecule has 1 aliphatic heterocycles. The van der Waals surface area contributed by atoms with Crippen molar-refractivity contribution in [1.29, 1.82) is 5.41 Å². The lowest BCUT2D eigenvalue weighted by atomic mass is 10.1. The SMILES string of the molecule is CCOC(=O)/C(C=N)=C(/Nc1cccc(CN2Cc3ccccc3O[C@H](CC)C2)c1)[C@@H]1CC1/C(N)=C/N(C)N. The predicted octanol–water partition coefficient (Wildman–Crippen LogP) is 3.98. The van der Waals surface area contributed by atoms with Gasteiger partial charge in [0.05, 0.1) is 12.2 Å². The maximum atomic E-state index is 12.8. The summed E-state index contributed by atoms with van der Waals surface area (Å²) in [6, 6.07) is 16.4. The van der Waals surface area contributed by atoms with Crippen molar-refractivity contribution in [1.82, 2.24) is 9.91 Å². The minimum Gasteiger partial charge on any atom is -0.489 e. The Morgan fingerprint density at radius 1 is 1.23 bits per heavy atom. The van der Waals surface area contributed by atoms with E-state index in [1.54, 1.807) is 20.2 Å². The maximum absolute atomic E-state index is 12.8. The number of carbonyl (C=O) groups excluding carboxylic acids is 1. The van der Waals surface area contributed by atoms with Crippen LogP contribution in [0, 0.1) is 17.2 Å². The van der Waals surface area contributed by atoms with Gasteiger partial charge in [0.15, 0.2) is 0 Å². The Kier molecular flexibility index (Phi) is 9.27. The molecule has 6 N–H and O–H groups in total. The molecule has 39 heavy (non-hydrogen) atoms. The molecule has 0 radical (unpaired) electrons. The van der Waals surface area contributed by atoms with Crippen molar-refractivity contribution in [2.45, 2.75) is 45.9 Å². The maximum Gasteiger partial charge on any atom is 0.341 e. The molecule has 1 fully saturated rings. The van der Waals surface area contributed by atoms with Crippen molar-refractivity contribution in [2.24, 2.45) is 23.4 Å². The molecule has 2 aromatic rings. The first kappa shape index (κ1) is 28.2. The molecule has 0 amide bonds. The van der Waals surface area contributed by atoms with E-state index in [1.807, 2.05) is 30.3 Å². The standard InChI is InChI=1S/C30H40N6O3/c1-4-23-18-36(17-21-10-6-7-12-28(21)39-23)16-20-9-8-11-22(13-20)34-29(26(15-31)30(37)38-5-2)25-14-24(25)27(32)19-35(3)33/h6-13,15,19,23-25,31,34H,4-5,14,16-18,32-33H2,1-3H3/b27-19-,29-26+,31-15?/t23-,24?,25-/m1/s1. The average molecular weight is 533 g/mol. The van der Waals surface area contributed by atoms with Gasteiger partial charge in [0.2, 0.25) is 0 Å². The van der Waals surface area contributed by atoms with Crippen LogP contribution < -0.4 is 21.6 Å². The van der Waals surface area contributed by atoms with Crippen LogP contribution in [0.2, 0.25) is 0 Å². The van der Waals surface area contributed by atoms with Gasteiger partial charge in [0.1, 0.15) is 11.9 Å². The molecular weight excluding hydrogens is 492 g/mol. The molecule has 2 aliphatic rings. The molecule has 4 rings (SSSR count). The third kappa shape index (κ3) is 7.19. The fourth-order valence-electron chi connectivity index (χ4n) is 5.08. The van der Waals surface area contributed by atoms with Gasteiger partial charge in [-0.3, -0.25) is 4.90 Å². The first-order chi connectivity index (χ1) is 18.8. The summed E-state index contributed by atoms with van der Waals surface area (Å²) in [6.07, 6.45) is 4.56. The van der Waals surface area contributed by atoms with Crippen molar-refractivity contribution < 1.29 is 14.3 Å². The van der Waals surface area contributed by atoms with E-state index < -0.39 is 5.97 Å². The van der Waals surface area contributed by atoms with Crippen molar-refractivity contribution in [3.63, 3.8) is 0 Å². The number of para-hydroxylation sites is 1. The number of fused-ring (bicyclic) bond motifs is 1. The van der Waals surface area contributed by atoms with Crippen LogP contribution in [0.1, 0.15) is 37.8 Å². The average Bonchev–Trinajstić information content (AvgIpc) is 3.72. The number of hydrogen-bond donors (Lipinski definition) is 4. The number of rotatable bonds is 11. The second-order valence-electron chi connectivity index (χ2n) is 10.2. The van der Waals surface area contributed by atoms with Gasteiger partial charge in [-0.25, -0.2) is 10.6 Å². The molecule has 1 heterocycles. The highest BCUT2D eigenvalue weighted by Gasteiger charge is 2.44. The highest BCUT2D eigenvalue weighted by atomic mass is 16.5. The fourth-order valence-corrected chi connectivity index (χ4v) is 5.08. The number of nitrogens with zero attached hydrogens (tertiary/aromatic N) is 2. The van der Waals surface area contributed by atoms with Crippen LogP contribution >= 0.6 is 0 Å².